The van der Waals surface area contributed by atoms with E-state index in [0.717, 1.165) is 19.3 Å². The molecule has 0 spiro atoms. The normalized spacial score (nSPS) is 12.8. The summed E-state index contributed by atoms with van der Waals surface area (Å²) in [5.74, 6) is -0.288. The van der Waals surface area contributed by atoms with Gasteiger partial charge < -0.3 is 5.73 Å². The molecule has 1 aromatic rings. The third kappa shape index (κ3) is 4.57. The Morgan fingerprint density at radius 1 is 1.35 bits per heavy atom. The maximum absolute atomic E-state index is 13.7. The fraction of sp³-hybridized carbons (Fsp3) is 0.538. The molecule has 0 radical (unpaired) electrons. The molecule has 17 heavy (non-hydrogen) atoms. The van der Waals surface area contributed by atoms with Crippen molar-refractivity contribution in [1.29, 1.82) is 0 Å². The van der Waals surface area contributed by atoms with Gasteiger partial charge in [-0.1, -0.05) is 44.2 Å². The molecule has 1 aromatic carbocycles. The van der Waals surface area contributed by atoms with Gasteiger partial charge in [0.05, 0.1) is 5.02 Å². The van der Waals surface area contributed by atoms with E-state index in [2.05, 4.69) is 22.9 Å². The molecule has 1 unspecified atom stereocenters. The van der Waals surface area contributed by atoms with Crippen LogP contribution < -0.4 is 5.73 Å². The van der Waals surface area contributed by atoms with Crippen molar-refractivity contribution in [3.05, 3.63) is 33.0 Å². The molecule has 0 saturated heterocycles. The number of nitrogens with two attached hydrogens (primary N) is 1. The van der Waals surface area contributed by atoms with Crippen molar-refractivity contribution in [2.45, 2.75) is 45.1 Å². The van der Waals surface area contributed by atoms with Gasteiger partial charge in [0.2, 0.25) is 0 Å². The second kappa shape index (κ2) is 7.34. The summed E-state index contributed by atoms with van der Waals surface area (Å²) in [6, 6.07) is 2.73. The van der Waals surface area contributed by atoms with Crippen LogP contribution in [0, 0.1) is 5.82 Å². The van der Waals surface area contributed by atoms with Crippen molar-refractivity contribution in [2.75, 3.05) is 0 Å². The van der Waals surface area contributed by atoms with E-state index in [9.17, 15) is 4.39 Å². The van der Waals surface area contributed by atoms with E-state index >= 15 is 0 Å². The van der Waals surface area contributed by atoms with Crippen LogP contribution >= 0.6 is 27.5 Å². The molecule has 0 heterocycles. The van der Waals surface area contributed by atoms with E-state index in [-0.39, 0.29) is 11.9 Å². The van der Waals surface area contributed by atoms with Crippen LogP contribution in [0.5, 0.6) is 0 Å². The molecule has 0 bridgehead atoms. The highest BCUT2D eigenvalue weighted by Gasteiger charge is 2.13. The molecule has 0 amide bonds. The highest BCUT2D eigenvalue weighted by molar-refractivity contribution is 9.10. The van der Waals surface area contributed by atoms with Gasteiger partial charge in [0.25, 0.3) is 0 Å². The standard InChI is InChI=1S/C13H18BrClFN/c1-2-3-4-5-6-13(17)9-7-11(15)10(14)8-12(9)16/h7-8,13H,2-6,17H2,1H3. The lowest BCUT2D eigenvalue weighted by atomic mass is 10.0. The van der Waals surface area contributed by atoms with Crippen molar-refractivity contribution >= 4 is 27.5 Å². The molecule has 96 valence electrons. The van der Waals surface area contributed by atoms with Crippen LogP contribution in [0.3, 0.4) is 0 Å². The van der Waals surface area contributed by atoms with Crippen molar-refractivity contribution in [3.8, 4) is 0 Å². The lowest BCUT2D eigenvalue weighted by Gasteiger charge is -2.13. The topological polar surface area (TPSA) is 26.0 Å². The Hall–Kier alpha value is -0.120. The predicted molar refractivity (Wildman–Crippen MR) is 74.8 cm³/mol. The summed E-state index contributed by atoms with van der Waals surface area (Å²) < 4.78 is 14.3. The van der Waals surface area contributed by atoms with E-state index in [1.165, 1.54) is 18.9 Å². The molecule has 0 fully saturated rings. The predicted octanol–water partition coefficient (Wildman–Crippen LogP) is 5.21. The van der Waals surface area contributed by atoms with Crippen molar-refractivity contribution < 1.29 is 4.39 Å². The van der Waals surface area contributed by atoms with Gasteiger partial charge in [-0.15, -0.1) is 0 Å². The van der Waals surface area contributed by atoms with Crippen LogP contribution in [0.4, 0.5) is 4.39 Å². The molecule has 1 atom stereocenters. The molecule has 0 aliphatic heterocycles. The summed E-state index contributed by atoms with van der Waals surface area (Å²) in [7, 11) is 0. The van der Waals surface area contributed by atoms with Crippen LogP contribution in [0.25, 0.3) is 0 Å². The molecule has 0 saturated carbocycles. The summed E-state index contributed by atoms with van der Waals surface area (Å²) in [6.07, 6.45) is 5.37. The summed E-state index contributed by atoms with van der Waals surface area (Å²) >= 11 is 9.13. The SMILES string of the molecule is CCCCCCC(N)c1cc(Cl)c(Br)cc1F. The van der Waals surface area contributed by atoms with E-state index in [1.54, 1.807) is 6.07 Å². The van der Waals surface area contributed by atoms with Gasteiger partial charge in [0.15, 0.2) is 0 Å². The van der Waals surface area contributed by atoms with E-state index < -0.39 is 0 Å². The molecule has 4 heteroatoms. The molecular formula is C13H18BrClFN. The number of benzene rings is 1. The van der Waals surface area contributed by atoms with Gasteiger partial charge in [-0.25, -0.2) is 4.39 Å². The highest BCUT2D eigenvalue weighted by Crippen LogP contribution is 2.29. The Morgan fingerprint density at radius 2 is 2.06 bits per heavy atom. The number of unbranched alkanes of at least 4 members (excludes halogenated alkanes) is 3. The van der Waals surface area contributed by atoms with Crippen molar-refractivity contribution in [2.24, 2.45) is 5.73 Å². The largest absolute Gasteiger partial charge is 0.324 e. The maximum atomic E-state index is 13.7. The fourth-order valence-corrected chi connectivity index (χ4v) is 2.26. The zero-order chi connectivity index (χ0) is 12.8. The molecule has 0 aromatic heterocycles. The summed E-state index contributed by atoms with van der Waals surface area (Å²) in [4.78, 5) is 0. The number of rotatable bonds is 6. The Kier molecular flexibility index (Phi) is 6.45. The second-order valence-corrected chi connectivity index (χ2v) is 5.51. The lowest BCUT2D eigenvalue weighted by Crippen LogP contribution is -2.12. The third-order valence-corrected chi connectivity index (χ3v) is 4.00. The third-order valence-electron chi connectivity index (χ3n) is 2.81. The molecule has 2 N–H and O–H groups in total. The first-order chi connectivity index (χ1) is 8.06. The molecule has 1 nitrogen and oxygen atoms in total. The highest BCUT2D eigenvalue weighted by atomic mass is 79.9. The molecule has 1 rings (SSSR count). The van der Waals surface area contributed by atoms with E-state index in [4.69, 9.17) is 17.3 Å². The smallest absolute Gasteiger partial charge is 0.129 e. The monoisotopic (exact) mass is 321 g/mol. The first-order valence-corrected chi connectivity index (χ1v) is 7.13. The minimum absolute atomic E-state index is 0.266. The van der Waals surface area contributed by atoms with E-state index in [0.29, 0.717) is 15.1 Å². The van der Waals surface area contributed by atoms with Crippen molar-refractivity contribution in [3.63, 3.8) is 0 Å². The average molecular weight is 323 g/mol. The maximum Gasteiger partial charge on any atom is 0.129 e. The molecule has 0 aliphatic carbocycles. The van der Waals surface area contributed by atoms with Gasteiger partial charge in [0.1, 0.15) is 5.82 Å². The minimum Gasteiger partial charge on any atom is -0.324 e. The first kappa shape index (κ1) is 14.9. The quantitative estimate of drug-likeness (QED) is 0.564. The Labute approximate surface area is 116 Å². The molecule has 0 aliphatic rings. The molecular weight excluding hydrogens is 305 g/mol. The second-order valence-electron chi connectivity index (χ2n) is 4.24. The van der Waals surface area contributed by atoms with Crippen LogP contribution in [0.1, 0.15) is 50.6 Å². The van der Waals surface area contributed by atoms with Crippen LogP contribution in [0.2, 0.25) is 5.02 Å². The Balaban J connectivity index is 2.62. The Morgan fingerprint density at radius 3 is 2.71 bits per heavy atom. The number of halogens is 3. The van der Waals surface area contributed by atoms with Crippen LogP contribution in [-0.4, -0.2) is 0 Å². The van der Waals surface area contributed by atoms with Gasteiger partial charge >= 0.3 is 0 Å². The first-order valence-electron chi connectivity index (χ1n) is 5.96. The fourth-order valence-electron chi connectivity index (χ4n) is 1.77. The van der Waals surface area contributed by atoms with Crippen LogP contribution in [-0.2, 0) is 0 Å². The Bertz CT molecular complexity index is 371. The summed E-state index contributed by atoms with van der Waals surface area (Å²) in [6.45, 7) is 2.16. The van der Waals surface area contributed by atoms with Gasteiger partial charge in [-0.3, -0.25) is 0 Å². The van der Waals surface area contributed by atoms with Crippen LogP contribution in [0.15, 0.2) is 16.6 Å². The lowest BCUT2D eigenvalue weighted by molar-refractivity contribution is 0.531. The summed E-state index contributed by atoms with van der Waals surface area (Å²) in [5, 5.41) is 0.505. The van der Waals surface area contributed by atoms with Crippen molar-refractivity contribution in [1.82, 2.24) is 0 Å². The zero-order valence-electron chi connectivity index (χ0n) is 9.98. The minimum atomic E-state index is -0.288. The van der Waals surface area contributed by atoms with Gasteiger partial charge in [0, 0.05) is 16.1 Å². The number of hydrogen-bond acceptors (Lipinski definition) is 1. The number of hydrogen-bond donors (Lipinski definition) is 1. The van der Waals surface area contributed by atoms with Gasteiger partial charge in [-0.05, 0) is 34.5 Å². The van der Waals surface area contributed by atoms with E-state index in [1.807, 2.05) is 0 Å². The summed E-state index contributed by atoms with van der Waals surface area (Å²) in [5.41, 5.74) is 6.49. The zero-order valence-corrected chi connectivity index (χ0v) is 12.3. The van der Waals surface area contributed by atoms with Gasteiger partial charge in [-0.2, -0.15) is 0 Å². The average Bonchev–Trinajstić information content (AvgIpc) is 2.29.